The number of allylic oxidation sites excluding steroid dienone is 7. The lowest BCUT2D eigenvalue weighted by Crippen LogP contribution is -1.79. The fraction of sp³-hybridized carbons (Fsp3) is 0.273. The molecule has 0 saturated carbocycles. The van der Waals surface area contributed by atoms with Crippen molar-refractivity contribution >= 4 is 0 Å². The molecule has 58 valence electrons. The highest BCUT2D eigenvalue weighted by molar-refractivity contribution is 5.37. The molecule has 0 aromatic rings. The highest BCUT2D eigenvalue weighted by Crippen LogP contribution is 2.16. The maximum absolute atomic E-state index is 3.91. The lowest BCUT2D eigenvalue weighted by atomic mass is 10.1. The van der Waals surface area contributed by atoms with Gasteiger partial charge in [0, 0.05) is 0 Å². The third-order valence-electron chi connectivity index (χ3n) is 1.81. The number of hydrogen-bond acceptors (Lipinski definition) is 0. The first-order chi connectivity index (χ1) is 5.20. The van der Waals surface area contributed by atoms with Crippen molar-refractivity contribution in [1.29, 1.82) is 0 Å². The molecule has 0 aliphatic heterocycles. The van der Waals surface area contributed by atoms with Crippen molar-refractivity contribution in [2.75, 3.05) is 0 Å². The van der Waals surface area contributed by atoms with E-state index in [-0.39, 0.29) is 0 Å². The van der Waals surface area contributed by atoms with Crippen LogP contribution >= 0.6 is 0 Å². The smallest absolute Gasteiger partial charge is 0.00918 e. The lowest BCUT2D eigenvalue weighted by molar-refractivity contribution is 1.22. The molecule has 0 bridgehead atoms. The van der Waals surface area contributed by atoms with Crippen LogP contribution in [0.15, 0.2) is 47.6 Å². The minimum atomic E-state index is 1.02. The molecule has 0 spiro atoms. The van der Waals surface area contributed by atoms with Crippen LogP contribution in [0.1, 0.15) is 20.3 Å². The summed E-state index contributed by atoms with van der Waals surface area (Å²) in [6, 6.07) is 0. The zero-order chi connectivity index (χ0) is 8.27. The van der Waals surface area contributed by atoms with E-state index in [2.05, 4.69) is 37.8 Å². The van der Waals surface area contributed by atoms with Gasteiger partial charge in [0.2, 0.25) is 0 Å². The molecule has 1 aliphatic carbocycles. The van der Waals surface area contributed by atoms with Gasteiger partial charge in [0.1, 0.15) is 0 Å². The Morgan fingerprint density at radius 3 is 2.82 bits per heavy atom. The second kappa shape index (κ2) is 3.38. The predicted octanol–water partition coefficient (Wildman–Crippen LogP) is 3.40. The summed E-state index contributed by atoms with van der Waals surface area (Å²) in [5.74, 6) is 0. The summed E-state index contributed by atoms with van der Waals surface area (Å²) in [7, 11) is 0. The Labute approximate surface area is 68.6 Å². The van der Waals surface area contributed by atoms with Gasteiger partial charge in [0.05, 0.1) is 0 Å². The standard InChI is InChI=1S/C11H14/c1-9(2)11-6-4-5-10(3)7-8-11/h4-5,7-8H,1,6H2,2-3H3. The summed E-state index contributed by atoms with van der Waals surface area (Å²) in [6.07, 6.45) is 9.63. The second-order valence-corrected chi connectivity index (χ2v) is 2.99. The third kappa shape index (κ3) is 2.23. The molecular formula is C11H14. The van der Waals surface area contributed by atoms with Gasteiger partial charge in [-0.25, -0.2) is 0 Å². The Morgan fingerprint density at radius 2 is 2.18 bits per heavy atom. The normalized spacial score (nSPS) is 16.9. The number of rotatable bonds is 1. The van der Waals surface area contributed by atoms with Crippen LogP contribution < -0.4 is 0 Å². The first-order valence-corrected chi connectivity index (χ1v) is 3.90. The topological polar surface area (TPSA) is 0 Å². The molecule has 0 aromatic heterocycles. The van der Waals surface area contributed by atoms with E-state index in [0.29, 0.717) is 0 Å². The Balaban J connectivity index is 2.86. The van der Waals surface area contributed by atoms with E-state index < -0.39 is 0 Å². The molecule has 0 heteroatoms. The van der Waals surface area contributed by atoms with E-state index in [1.54, 1.807) is 0 Å². The molecule has 0 radical (unpaired) electrons. The first kappa shape index (κ1) is 8.06. The highest BCUT2D eigenvalue weighted by atomic mass is 14.0. The summed E-state index contributed by atoms with van der Waals surface area (Å²) < 4.78 is 0. The Bertz CT molecular complexity index is 249. The van der Waals surface area contributed by atoms with Crippen LogP contribution in [0.25, 0.3) is 0 Å². The Hall–Kier alpha value is -1.04. The van der Waals surface area contributed by atoms with Gasteiger partial charge in [-0.1, -0.05) is 42.0 Å². The van der Waals surface area contributed by atoms with Gasteiger partial charge in [-0.05, 0) is 25.8 Å². The van der Waals surface area contributed by atoms with Crippen molar-refractivity contribution in [3.05, 3.63) is 47.6 Å². The molecule has 0 N–H and O–H groups in total. The van der Waals surface area contributed by atoms with Crippen molar-refractivity contribution in [1.82, 2.24) is 0 Å². The van der Waals surface area contributed by atoms with Gasteiger partial charge >= 0.3 is 0 Å². The van der Waals surface area contributed by atoms with Crippen LogP contribution in [-0.2, 0) is 0 Å². The average molecular weight is 146 g/mol. The van der Waals surface area contributed by atoms with E-state index in [9.17, 15) is 0 Å². The largest absolute Gasteiger partial charge is 0.0958 e. The van der Waals surface area contributed by atoms with Crippen LogP contribution in [-0.4, -0.2) is 0 Å². The number of hydrogen-bond donors (Lipinski definition) is 0. The summed E-state index contributed by atoms with van der Waals surface area (Å²) >= 11 is 0. The highest BCUT2D eigenvalue weighted by Gasteiger charge is 1.96. The SMILES string of the molecule is C=C(C)C1=CC=C(C)C=CC1. The van der Waals surface area contributed by atoms with Crippen LogP contribution in [0.2, 0.25) is 0 Å². The maximum atomic E-state index is 3.91. The molecule has 1 aliphatic rings. The zero-order valence-electron chi connectivity index (χ0n) is 7.22. The van der Waals surface area contributed by atoms with Crippen molar-refractivity contribution in [3.8, 4) is 0 Å². The summed E-state index contributed by atoms with van der Waals surface area (Å²) in [5.41, 5.74) is 3.81. The maximum Gasteiger partial charge on any atom is -0.00918 e. The minimum absolute atomic E-state index is 1.02. The molecule has 0 aromatic carbocycles. The molecule has 0 nitrogen and oxygen atoms in total. The molecule has 0 amide bonds. The molecule has 0 unspecified atom stereocenters. The molecule has 0 heterocycles. The average Bonchev–Trinajstić information content (AvgIpc) is 2.13. The van der Waals surface area contributed by atoms with E-state index in [1.807, 2.05) is 6.92 Å². The van der Waals surface area contributed by atoms with Gasteiger partial charge in [-0.2, -0.15) is 0 Å². The van der Waals surface area contributed by atoms with Gasteiger partial charge in [0.25, 0.3) is 0 Å². The molecule has 11 heavy (non-hydrogen) atoms. The van der Waals surface area contributed by atoms with Crippen LogP contribution in [0.3, 0.4) is 0 Å². The Morgan fingerprint density at radius 1 is 1.45 bits per heavy atom. The first-order valence-electron chi connectivity index (χ1n) is 3.90. The van der Waals surface area contributed by atoms with Gasteiger partial charge < -0.3 is 0 Å². The van der Waals surface area contributed by atoms with Crippen molar-refractivity contribution < 1.29 is 0 Å². The summed E-state index contributed by atoms with van der Waals surface area (Å²) in [5, 5.41) is 0. The zero-order valence-corrected chi connectivity index (χ0v) is 7.22. The van der Waals surface area contributed by atoms with Crippen molar-refractivity contribution in [2.45, 2.75) is 20.3 Å². The summed E-state index contributed by atoms with van der Waals surface area (Å²) in [6.45, 7) is 8.07. The van der Waals surface area contributed by atoms with Crippen LogP contribution in [0.4, 0.5) is 0 Å². The summed E-state index contributed by atoms with van der Waals surface area (Å²) in [4.78, 5) is 0. The van der Waals surface area contributed by atoms with E-state index >= 15 is 0 Å². The van der Waals surface area contributed by atoms with Crippen LogP contribution in [0.5, 0.6) is 0 Å². The van der Waals surface area contributed by atoms with Crippen molar-refractivity contribution in [2.24, 2.45) is 0 Å². The third-order valence-corrected chi connectivity index (χ3v) is 1.81. The van der Waals surface area contributed by atoms with Gasteiger partial charge in [-0.3, -0.25) is 0 Å². The monoisotopic (exact) mass is 146 g/mol. The molecular weight excluding hydrogens is 132 g/mol. The second-order valence-electron chi connectivity index (χ2n) is 2.99. The van der Waals surface area contributed by atoms with E-state index in [4.69, 9.17) is 0 Å². The van der Waals surface area contributed by atoms with Gasteiger partial charge in [-0.15, -0.1) is 0 Å². The van der Waals surface area contributed by atoms with Gasteiger partial charge in [0.15, 0.2) is 0 Å². The quantitative estimate of drug-likeness (QED) is 0.532. The lowest BCUT2D eigenvalue weighted by Gasteiger charge is -1.99. The van der Waals surface area contributed by atoms with Crippen molar-refractivity contribution in [3.63, 3.8) is 0 Å². The molecule has 1 rings (SSSR count). The fourth-order valence-corrected chi connectivity index (χ4v) is 1.04. The Kier molecular flexibility index (Phi) is 2.48. The molecule has 0 fully saturated rings. The van der Waals surface area contributed by atoms with E-state index in [0.717, 1.165) is 6.42 Å². The minimum Gasteiger partial charge on any atom is -0.0958 e. The molecule has 0 atom stereocenters. The predicted molar refractivity (Wildman–Crippen MR) is 50.4 cm³/mol. The van der Waals surface area contributed by atoms with Crippen LogP contribution in [0, 0.1) is 0 Å². The fourth-order valence-electron chi connectivity index (χ4n) is 1.04. The van der Waals surface area contributed by atoms with E-state index in [1.165, 1.54) is 16.7 Å². The molecule has 0 saturated heterocycles.